The van der Waals surface area contributed by atoms with Gasteiger partial charge in [0.2, 0.25) is 11.8 Å². The molecule has 0 fully saturated rings. The van der Waals surface area contributed by atoms with Crippen LogP contribution in [0.25, 0.3) is 0 Å². The summed E-state index contributed by atoms with van der Waals surface area (Å²) in [7, 11) is 0. The molecule has 184 valence electrons. The fraction of sp³-hybridized carbons (Fsp3) is 0.583. The number of carbonyl (C=O) groups is 4. The lowest BCUT2D eigenvalue weighted by Gasteiger charge is -2.31. The van der Waals surface area contributed by atoms with Gasteiger partial charge in [-0.25, -0.2) is 4.79 Å². The van der Waals surface area contributed by atoms with Gasteiger partial charge in [0.05, 0.1) is 13.0 Å². The Kier molecular flexibility index (Phi) is 11.4. The largest absolute Gasteiger partial charge is 0.466 e. The summed E-state index contributed by atoms with van der Waals surface area (Å²) in [6.07, 6.45) is -0.0725. The van der Waals surface area contributed by atoms with Crippen molar-refractivity contribution < 1.29 is 28.7 Å². The Morgan fingerprint density at radius 1 is 1.03 bits per heavy atom. The Morgan fingerprint density at radius 2 is 1.67 bits per heavy atom. The molecule has 0 spiro atoms. The molecule has 0 saturated carbocycles. The number of nitrogens with one attached hydrogen (secondary N) is 2. The van der Waals surface area contributed by atoms with Gasteiger partial charge in [-0.15, -0.1) is 0 Å². The third-order valence-corrected chi connectivity index (χ3v) is 4.45. The van der Waals surface area contributed by atoms with Crippen LogP contribution < -0.4 is 10.6 Å². The minimum atomic E-state index is -0.916. The van der Waals surface area contributed by atoms with Crippen LogP contribution in [0.4, 0.5) is 4.79 Å². The quantitative estimate of drug-likeness (QED) is 0.488. The number of amides is 3. The molecule has 0 heterocycles. The first-order valence-corrected chi connectivity index (χ1v) is 11.2. The Labute approximate surface area is 196 Å². The third-order valence-electron chi connectivity index (χ3n) is 4.45. The van der Waals surface area contributed by atoms with E-state index in [-0.39, 0.29) is 26.1 Å². The molecule has 0 aromatic heterocycles. The molecule has 1 aromatic carbocycles. The van der Waals surface area contributed by atoms with Crippen LogP contribution in [0.5, 0.6) is 0 Å². The smallest absolute Gasteiger partial charge is 0.408 e. The number of esters is 1. The summed E-state index contributed by atoms with van der Waals surface area (Å²) in [5.41, 5.74) is 0.952. The first kappa shape index (κ1) is 27.9. The SMILES string of the molecule is CCCN(C(=O)CNC(=O)OC(C)(C)C)C(C(=O)NCCC(=O)OCC)c1ccc(C)cc1. The summed E-state index contributed by atoms with van der Waals surface area (Å²) in [6, 6.07) is 6.40. The number of carbonyl (C=O) groups excluding carboxylic acids is 4. The third kappa shape index (κ3) is 10.4. The minimum absolute atomic E-state index is 0.0299. The van der Waals surface area contributed by atoms with Crippen molar-refractivity contribution in [2.24, 2.45) is 0 Å². The van der Waals surface area contributed by atoms with Crippen molar-refractivity contribution in [3.05, 3.63) is 35.4 Å². The van der Waals surface area contributed by atoms with Gasteiger partial charge in [0, 0.05) is 13.1 Å². The van der Waals surface area contributed by atoms with Gasteiger partial charge in [0.25, 0.3) is 0 Å². The maximum atomic E-state index is 13.1. The molecule has 0 bridgehead atoms. The molecular weight excluding hydrogens is 426 g/mol. The average molecular weight is 464 g/mol. The molecule has 0 saturated heterocycles. The number of nitrogens with zero attached hydrogens (tertiary/aromatic N) is 1. The van der Waals surface area contributed by atoms with Crippen LogP contribution in [-0.2, 0) is 23.9 Å². The monoisotopic (exact) mass is 463 g/mol. The molecule has 1 rings (SSSR count). The van der Waals surface area contributed by atoms with Crippen LogP contribution in [0.3, 0.4) is 0 Å². The zero-order chi connectivity index (χ0) is 25.0. The zero-order valence-corrected chi connectivity index (χ0v) is 20.5. The Hall–Kier alpha value is -3.10. The molecule has 0 aliphatic heterocycles. The van der Waals surface area contributed by atoms with E-state index in [2.05, 4.69) is 10.6 Å². The molecule has 1 aromatic rings. The second-order valence-corrected chi connectivity index (χ2v) is 8.60. The number of hydrogen-bond donors (Lipinski definition) is 2. The maximum absolute atomic E-state index is 13.1. The number of benzene rings is 1. The number of hydrogen-bond acceptors (Lipinski definition) is 6. The fourth-order valence-corrected chi connectivity index (χ4v) is 3.04. The van der Waals surface area contributed by atoms with Crippen LogP contribution in [-0.4, -0.2) is 60.6 Å². The summed E-state index contributed by atoms with van der Waals surface area (Å²) >= 11 is 0. The molecule has 0 radical (unpaired) electrons. The van der Waals surface area contributed by atoms with E-state index in [0.717, 1.165) is 5.56 Å². The number of ether oxygens (including phenoxy) is 2. The molecule has 9 heteroatoms. The van der Waals surface area contributed by atoms with Crippen LogP contribution in [0.2, 0.25) is 0 Å². The van der Waals surface area contributed by atoms with E-state index in [0.29, 0.717) is 18.5 Å². The molecule has 1 unspecified atom stereocenters. The van der Waals surface area contributed by atoms with Gasteiger partial charge in [0.1, 0.15) is 18.2 Å². The standard InChI is InChI=1S/C24H37N3O6/c1-7-15-27(19(28)16-26-23(31)33-24(4,5)6)21(18-11-9-17(3)10-12-18)22(30)25-14-13-20(29)32-8-2/h9-12,21H,7-8,13-16H2,1-6H3,(H,25,30)(H,26,31). The second kappa shape index (κ2) is 13.4. The van der Waals surface area contributed by atoms with E-state index >= 15 is 0 Å². The molecule has 0 aliphatic carbocycles. The van der Waals surface area contributed by atoms with Crippen LogP contribution in [0.1, 0.15) is 64.6 Å². The Morgan fingerprint density at radius 3 is 2.21 bits per heavy atom. The van der Waals surface area contributed by atoms with Gasteiger partial charge in [-0.2, -0.15) is 0 Å². The topological polar surface area (TPSA) is 114 Å². The lowest BCUT2D eigenvalue weighted by Crippen LogP contribution is -2.48. The summed E-state index contributed by atoms with van der Waals surface area (Å²) in [5, 5.41) is 5.19. The summed E-state index contributed by atoms with van der Waals surface area (Å²) < 4.78 is 10.1. The van der Waals surface area contributed by atoms with Gasteiger partial charge in [-0.3, -0.25) is 14.4 Å². The van der Waals surface area contributed by atoms with E-state index in [9.17, 15) is 19.2 Å². The Bertz CT molecular complexity index is 801. The highest BCUT2D eigenvalue weighted by Crippen LogP contribution is 2.22. The van der Waals surface area contributed by atoms with E-state index in [1.807, 2.05) is 26.0 Å². The first-order chi connectivity index (χ1) is 15.5. The molecule has 2 N–H and O–H groups in total. The summed E-state index contributed by atoms with van der Waals surface area (Å²) in [5.74, 6) is -1.25. The summed E-state index contributed by atoms with van der Waals surface area (Å²) in [6.45, 7) is 11.1. The lowest BCUT2D eigenvalue weighted by atomic mass is 10.0. The van der Waals surface area contributed by atoms with Crippen molar-refractivity contribution in [2.45, 2.75) is 66.0 Å². The number of aryl methyl sites for hydroxylation is 1. The molecule has 33 heavy (non-hydrogen) atoms. The van der Waals surface area contributed by atoms with Crippen LogP contribution in [0.15, 0.2) is 24.3 Å². The predicted octanol–water partition coefficient (Wildman–Crippen LogP) is 2.87. The van der Waals surface area contributed by atoms with Gasteiger partial charge < -0.3 is 25.0 Å². The maximum Gasteiger partial charge on any atom is 0.408 e. The Balaban J connectivity index is 3.03. The van der Waals surface area contributed by atoms with E-state index in [4.69, 9.17) is 9.47 Å². The van der Waals surface area contributed by atoms with E-state index in [1.54, 1.807) is 39.8 Å². The lowest BCUT2D eigenvalue weighted by molar-refractivity contribution is -0.143. The average Bonchev–Trinajstić information content (AvgIpc) is 2.72. The van der Waals surface area contributed by atoms with E-state index < -0.39 is 35.5 Å². The molecule has 9 nitrogen and oxygen atoms in total. The summed E-state index contributed by atoms with van der Waals surface area (Å²) in [4.78, 5) is 51.2. The highest BCUT2D eigenvalue weighted by Gasteiger charge is 2.31. The molecule has 1 atom stereocenters. The highest BCUT2D eigenvalue weighted by atomic mass is 16.6. The normalized spacial score (nSPS) is 11.8. The van der Waals surface area contributed by atoms with Gasteiger partial charge in [-0.1, -0.05) is 36.8 Å². The number of alkyl carbamates (subject to hydrolysis) is 1. The molecular formula is C24H37N3O6. The second-order valence-electron chi connectivity index (χ2n) is 8.60. The van der Waals surface area contributed by atoms with Crippen molar-refractivity contribution in [1.82, 2.24) is 15.5 Å². The number of rotatable bonds is 11. The molecule has 3 amide bonds. The van der Waals surface area contributed by atoms with Crippen molar-refractivity contribution in [3.63, 3.8) is 0 Å². The van der Waals surface area contributed by atoms with Gasteiger partial charge in [-0.05, 0) is 46.6 Å². The van der Waals surface area contributed by atoms with Gasteiger partial charge in [0.15, 0.2) is 0 Å². The van der Waals surface area contributed by atoms with Crippen LogP contribution >= 0.6 is 0 Å². The predicted molar refractivity (Wildman–Crippen MR) is 124 cm³/mol. The fourth-order valence-electron chi connectivity index (χ4n) is 3.04. The first-order valence-electron chi connectivity index (χ1n) is 11.2. The van der Waals surface area contributed by atoms with Crippen molar-refractivity contribution in [2.75, 3.05) is 26.2 Å². The molecule has 0 aliphatic rings. The van der Waals surface area contributed by atoms with Crippen LogP contribution in [0, 0.1) is 6.92 Å². The zero-order valence-electron chi connectivity index (χ0n) is 20.5. The minimum Gasteiger partial charge on any atom is -0.466 e. The highest BCUT2D eigenvalue weighted by molar-refractivity contribution is 5.90. The van der Waals surface area contributed by atoms with Crippen molar-refractivity contribution in [3.8, 4) is 0 Å². The van der Waals surface area contributed by atoms with E-state index in [1.165, 1.54) is 4.90 Å². The van der Waals surface area contributed by atoms with Crippen molar-refractivity contribution in [1.29, 1.82) is 0 Å². The van der Waals surface area contributed by atoms with Gasteiger partial charge >= 0.3 is 12.1 Å². The van der Waals surface area contributed by atoms with Crippen molar-refractivity contribution >= 4 is 23.9 Å².